The van der Waals surface area contributed by atoms with Crippen LogP contribution in [0.5, 0.6) is 11.5 Å². The number of nitrogens with zero attached hydrogens (tertiary/aromatic N) is 2. The molecule has 0 radical (unpaired) electrons. The lowest BCUT2D eigenvalue weighted by atomic mass is 10.2. The predicted octanol–water partition coefficient (Wildman–Crippen LogP) is 1.56. The molecule has 2 heterocycles. The standard InChI is InChI=1S/C16H21N3O4S/c1-2-21-16(20)19-7-5-18(6-8-19)15(24)17-10-12-3-4-13-14(9-12)23-11-22-13/h3-4,9H,2,5-8,10-11H2,1H3,(H,17,24). The first-order valence-electron chi connectivity index (χ1n) is 8.00. The Morgan fingerprint density at radius 1 is 1.21 bits per heavy atom. The van der Waals surface area contributed by atoms with E-state index in [1.807, 2.05) is 25.1 Å². The molecule has 1 fully saturated rings. The lowest BCUT2D eigenvalue weighted by Gasteiger charge is -2.35. The van der Waals surface area contributed by atoms with E-state index in [1.54, 1.807) is 4.90 Å². The molecule has 0 aliphatic carbocycles. The Bertz CT molecular complexity index is 617. The van der Waals surface area contributed by atoms with E-state index in [-0.39, 0.29) is 12.9 Å². The highest BCUT2D eigenvalue weighted by Crippen LogP contribution is 2.32. The number of fused-ring (bicyclic) bond motifs is 1. The average Bonchev–Trinajstić information content (AvgIpc) is 3.07. The van der Waals surface area contributed by atoms with Crippen molar-refractivity contribution in [3.05, 3.63) is 23.8 Å². The van der Waals surface area contributed by atoms with Crippen LogP contribution in [0.4, 0.5) is 4.79 Å². The lowest BCUT2D eigenvalue weighted by molar-refractivity contribution is 0.0918. The molecule has 0 unspecified atom stereocenters. The summed E-state index contributed by atoms with van der Waals surface area (Å²) in [5, 5.41) is 3.95. The Hall–Kier alpha value is -2.22. The number of amides is 1. The van der Waals surface area contributed by atoms with Gasteiger partial charge < -0.3 is 29.3 Å². The van der Waals surface area contributed by atoms with Gasteiger partial charge in [-0.2, -0.15) is 0 Å². The van der Waals surface area contributed by atoms with Crippen LogP contribution in [0.15, 0.2) is 18.2 Å². The Morgan fingerprint density at radius 3 is 2.67 bits per heavy atom. The Balaban J connectivity index is 1.45. The molecule has 1 aromatic carbocycles. The van der Waals surface area contributed by atoms with Crippen molar-refractivity contribution in [2.75, 3.05) is 39.6 Å². The summed E-state index contributed by atoms with van der Waals surface area (Å²) in [7, 11) is 0. The number of thiocarbonyl (C=S) groups is 1. The largest absolute Gasteiger partial charge is 0.454 e. The molecule has 7 nitrogen and oxygen atoms in total. The predicted molar refractivity (Wildman–Crippen MR) is 92.2 cm³/mol. The quantitative estimate of drug-likeness (QED) is 0.829. The number of carbonyl (C=O) groups is 1. The van der Waals surface area contributed by atoms with Gasteiger partial charge in [-0.05, 0) is 36.8 Å². The first-order chi connectivity index (χ1) is 11.7. The fraction of sp³-hybridized carbons (Fsp3) is 0.500. The summed E-state index contributed by atoms with van der Waals surface area (Å²) in [6.45, 7) is 5.73. The summed E-state index contributed by atoms with van der Waals surface area (Å²) >= 11 is 5.45. The van der Waals surface area contributed by atoms with Crippen molar-refractivity contribution in [1.82, 2.24) is 15.1 Å². The van der Waals surface area contributed by atoms with Gasteiger partial charge in [-0.15, -0.1) is 0 Å². The zero-order valence-corrected chi connectivity index (χ0v) is 14.4. The summed E-state index contributed by atoms with van der Waals surface area (Å²) in [6, 6.07) is 5.85. The van der Waals surface area contributed by atoms with E-state index in [9.17, 15) is 4.79 Å². The van der Waals surface area contributed by atoms with Crippen LogP contribution in [0.3, 0.4) is 0 Å². The third-order valence-corrected chi connectivity index (χ3v) is 4.38. The van der Waals surface area contributed by atoms with E-state index in [0.717, 1.165) is 17.1 Å². The number of piperazine rings is 1. The van der Waals surface area contributed by atoms with Gasteiger partial charge in [-0.3, -0.25) is 0 Å². The van der Waals surface area contributed by atoms with E-state index in [2.05, 4.69) is 10.2 Å². The molecular formula is C16H21N3O4S. The van der Waals surface area contributed by atoms with Crippen LogP contribution in [0, 0.1) is 0 Å². The molecule has 3 rings (SSSR count). The second-order valence-electron chi connectivity index (χ2n) is 5.52. The molecule has 1 amide bonds. The van der Waals surface area contributed by atoms with Crippen molar-refractivity contribution >= 4 is 23.4 Å². The van der Waals surface area contributed by atoms with E-state index >= 15 is 0 Å². The summed E-state index contributed by atoms with van der Waals surface area (Å²) in [4.78, 5) is 15.5. The topological polar surface area (TPSA) is 63.3 Å². The van der Waals surface area contributed by atoms with Crippen molar-refractivity contribution in [3.8, 4) is 11.5 Å². The third kappa shape index (κ3) is 3.81. The van der Waals surface area contributed by atoms with Crippen LogP contribution in [0.2, 0.25) is 0 Å². The van der Waals surface area contributed by atoms with Gasteiger partial charge >= 0.3 is 6.09 Å². The number of carbonyl (C=O) groups excluding carboxylic acids is 1. The molecule has 0 aromatic heterocycles. The second kappa shape index (κ2) is 7.57. The normalized spacial score (nSPS) is 16.0. The maximum Gasteiger partial charge on any atom is 0.409 e. The molecule has 2 aliphatic heterocycles. The van der Waals surface area contributed by atoms with Gasteiger partial charge in [0.15, 0.2) is 16.6 Å². The molecule has 1 aromatic rings. The minimum atomic E-state index is -0.253. The van der Waals surface area contributed by atoms with Crippen LogP contribution < -0.4 is 14.8 Å². The Labute approximate surface area is 146 Å². The van der Waals surface area contributed by atoms with Crippen LogP contribution in [-0.4, -0.2) is 60.6 Å². The number of hydrogen-bond acceptors (Lipinski definition) is 5. The number of hydrogen-bond donors (Lipinski definition) is 1. The Kier molecular flexibility index (Phi) is 5.24. The van der Waals surface area contributed by atoms with Gasteiger partial charge in [0.05, 0.1) is 6.61 Å². The van der Waals surface area contributed by atoms with Crippen molar-refractivity contribution in [2.24, 2.45) is 0 Å². The zero-order chi connectivity index (χ0) is 16.9. The van der Waals surface area contributed by atoms with E-state index in [4.69, 9.17) is 26.4 Å². The van der Waals surface area contributed by atoms with E-state index < -0.39 is 0 Å². The molecule has 130 valence electrons. The van der Waals surface area contributed by atoms with E-state index in [0.29, 0.717) is 44.4 Å². The maximum absolute atomic E-state index is 11.7. The average molecular weight is 351 g/mol. The summed E-state index contributed by atoms with van der Waals surface area (Å²) < 4.78 is 15.7. The number of ether oxygens (including phenoxy) is 3. The van der Waals surface area contributed by atoms with Gasteiger partial charge in [0.25, 0.3) is 0 Å². The van der Waals surface area contributed by atoms with Crippen LogP contribution in [0.1, 0.15) is 12.5 Å². The molecule has 2 aliphatic rings. The molecule has 24 heavy (non-hydrogen) atoms. The van der Waals surface area contributed by atoms with Crippen LogP contribution in [-0.2, 0) is 11.3 Å². The van der Waals surface area contributed by atoms with Crippen molar-refractivity contribution in [3.63, 3.8) is 0 Å². The third-order valence-electron chi connectivity index (χ3n) is 3.97. The molecule has 1 saturated heterocycles. The molecule has 0 atom stereocenters. The van der Waals surface area contributed by atoms with Crippen LogP contribution >= 0.6 is 12.2 Å². The van der Waals surface area contributed by atoms with Gasteiger partial charge in [0, 0.05) is 32.7 Å². The maximum atomic E-state index is 11.7. The first kappa shape index (κ1) is 16.6. The summed E-state index contributed by atoms with van der Waals surface area (Å²) in [6.07, 6.45) is -0.253. The molecule has 0 spiro atoms. The minimum Gasteiger partial charge on any atom is -0.454 e. The summed E-state index contributed by atoms with van der Waals surface area (Å²) in [5.41, 5.74) is 1.08. The number of nitrogens with one attached hydrogen (secondary N) is 1. The van der Waals surface area contributed by atoms with Crippen molar-refractivity contribution in [1.29, 1.82) is 0 Å². The first-order valence-corrected chi connectivity index (χ1v) is 8.41. The zero-order valence-electron chi connectivity index (χ0n) is 13.6. The van der Waals surface area contributed by atoms with Gasteiger partial charge in [-0.1, -0.05) is 6.07 Å². The van der Waals surface area contributed by atoms with E-state index in [1.165, 1.54) is 0 Å². The molecule has 8 heteroatoms. The second-order valence-corrected chi connectivity index (χ2v) is 5.91. The van der Waals surface area contributed by atoms with Crippen molar-refractivity contribution < 1.29 is 19.0 Å². The minimum absolute atomic E-state index is 0.253. The Morgan fingerprint density at radius 2 is 1.92 bits per heavy atom. The lowest BCUT2D eigenvalue weighted by Crippen LogP contribution is -2.53. The van der Waals surface area contributed by atoms with Gasteiger partial charge in [0.2, 0.25) is 6.79 Å². The highest BCUT2D eigenvalue weighted by atomic mass is 32.1. The van der Waals surface area contributed by atoms with Crippen LogP contribution in [0.25, 0.3) is 0 Å². The summed E-state index contributed by atoms with van der Waals surface area (Å²) in [5.74, 6) is 1.54. The van der Waals surface area contributed by atoms with Crippen molar-refractivity contribution in [2.45, 2.75) is 13.5 Å². The number of benzene rings is 1. The molecule has 1 N–H and O–H groups in total. The smallest absolute Gasteiger partial charge is 0.409 e. The fourth-order valence-electron chi connectivity index (χ4n) is 2.65. The molecular weight excluding hydrogens is 330 g/mol. The SMILES string of the molecule is CCOC(=O)N1CCN(C(=S)NCc2ccc3c(c2)OCO3)CC1. The fourth-order valence-corrected chi connectivity index (χ4v) is 2.90. The highest BCUT2D eigenvalue weighted by molar-refractivity contribution is 7.80. The molecule has 0 bridgehead atoms. The van der Waals surface area contributed by atoms with Gasteiger partial charge in [-0.25, -0.2) is 4.79 Å². The molecule has 0 saturated carbocycles. The number of rotatable bonds is 3. The van der Waals surface area contributed by atoms with Gasteiger partial charge in [0.1, 0.15) is 0 Å². The monoisotopic (exact) mass is 351 g/mol. The highest BCUT2D eigenvalue weighted by Gasteiger charge is 2.23.